The molecule has 1 aliphatic heterocycles. The second-order valence-corrected chi connectivity index (χ2v) is 7.98. The minimum Gasteiger partial charge on any atom is -0.384 e. The highest BCUT2D eigenvalue weighted by atomic mass is 35.5. The molecule has 0 aliphatic carbocycles. The van der Waals surface area contributed by atoms with Gasteiger partial charge in [-0.1, -0.05) is 11.6 Å². The van der Waals surface area contributed by atoms with Crippen LogP contribution in [0.3, 0.4) is 0 Å². The van der Waals surface area contributed by atoms with E-state index in [-0.39, 0.29) is 17.2 Å². The molecule has 0 spiro atoms. The fourth-order valence-corrected chi connectivity index (χ4v) is 3.61. The normalized spacial score (nSPS) is 17.6. The number of benzene rings is 1. The maximum absolute atomic E-state index is 14.9. The molecule has 4 N–H and O–H groups in total. The maximum Gasteiger partial charge on any atom is 0.286 e. The average Bonchev–Trinajstić information content (AvgIpc) is 3.40. The molecule has 190 valence electrons. The van der Waals surface area contributed by atoms with Gasteiger partial charge in [0.1, 0.15) is 18.3 Å². The van der Waals surface area contributed by atoms with Crippen molar-refractivity contribution in [1.29, 1.82) is 0 Å². The molecule has 1 fully saturated rings. The summed E-state index contributed by atoms with van der Waals surface area (Å²) >= 11 is 5.86. The number of hydrogen-bond donors (Lipinski definition) is 3. The number of pyridine rings is 1. The van der Waals surface area contributed by atoms with Crippen LogP contribution in [0.2, 0.25) is 5.02 Å². The van der Waals surface area contributed by atoms with E-state index in [4.69, 9.17) is 17.3 Å². The van der Waals surface area contributed by atoms with Crippen molar-refractivity contribution in [3.63, 3.8) is 0 Å². The Labute approximate surface area is 205 Å². The van der Waals surface area contributed by atoms with E-state index in [0.717, 1.165) is 20.9 Å². The van der Waals surface area contributed by atoms with E-state index in [1.54, 1.807) is 0 Å². The first-order valence-corrected chi connectivity index (χ1v) is 10.5. The van der Waals surface area contributed by atoms with Crippen LogP contribution in [0.15, 0.2) is 42.7 Å². The maximum atomic E-state index is 14.9. The van der Waals surface area contributed by atoms with Gasteiger partial charge in [-0.25, -0.2) is 27.2 Å². The minimum absolute atomic E-state index is 0.166. The summed E-state index contributed by atoms with van der Waals surface area (Å²) < 4.78 is 56.0. The summed E-state index contributed by atoms with van der Waals surface area (Å²) in [6.45, 7) is -0.517. The van der Waals surface area contributed by atoms with Gasteiger partial charge in [0, 0.05) is 11.2 Å². The van der Waals surface area contributed by atoms with E-state index in [9.17, 15) is 32.3 Å². The van der Waals surface area contributed by atoms with Crippen LogP contribution < -0.4 is 16.3 Å². The summed E-state index contributed by atoms with van der Waals surface area (Å²) in [7, 11) is 0. The summed E-state index contributed by atoms with van der Waals surface area (Å²) in [5.41, 5.74) is 7.83. The summed E-state index contributed by atoms with van der Waals surface area (Å²) in [6.07, 6.45) is -6.82. The number of nitrogens with zero attached hydrogens (tertiary/aromatic N) is 6. The quantitative estimate of drug-likeness (QED) is 0.370. The Kier molecular flexibility index (Phi) is 7.05. The lowest BCUT2D eigenvalue weighted by Crippen LogP contribution is -2.50. The molecule has 0 radical (unpaired) electrons. The van der Waals surface area contributed by atoms with Gasteiger partial charge in [-0.05, 0) is 30.3 Å². The predicted molar refractivity (Wildman–Crippen MR) is 116 cm³/mol. The summed E-state index contributed by atoms with van der Waals surface area (Å²) in [4.78, 5) is 32.4. The topological polar surface area (TPSA) is 142 Å². The number of rotatable bonds is 8. The number of aromatic nitrogens is 4. The fourth-order valence-electron chi connectivity index (χ4n) is 3.48. The molecular formula is C20H17ClF4N8O3. The standard InChI is InChI=1S/C20H17ClF4N8O3/c21-9-1-3-10(4-2-9)32-15(14(23)16(34)17(24)25)20(36)31(30-32)8-13-28-19(18(26)35)33(29-13)12-5-6-27-7-11(12)22/h1-7,14-17,30,34H,8H2,(H2,26,35)/t14?,15?,16-/m0/s1. The lowest BCUT2D eigenvalue weighted by Gasteiger charge is -2.27. The van der Waals surface area contributed by atoms with Gasteiger partial charge in [-0.2, -0.15) is 0 Å². The zero-order chi connectivity index (χ0) is 26.1. The van der Waals surface area contributed by atoms with Crippen LogP contribution in [0.25, 0.3) is 5.69 Å². The number of hydrogen-bond acceptors (Lipinski definition) is 8. The SMILES string of the molecule is NC(=O)c1nc(CN2NN(c3ccc(Cl)cc3)C(C(F)[C@H](O)C(F)F)C2=O)nn1-c1ccncc1F. The Bertz CT molecular complexity index is 1280. The fraction of sp³-hybridized carbons (Fsp3) is 0.250. The number of hydrazine groups is 2. The molecule has 36 heavy (non-hydrogen) atoms. The van der Waals surface area contributed by atoms with Crippen LogP contribution in [0.5, 0.6) is 0 Å². The van der Waals surface area contributed by atoms with Crippen molar-refractivity contribution in [3.05, 3.63) is 65.2 Å². The molecule has 2 aromatic heterocycles. The Morgan fingerprint density at radius 1 is 1.22 bits per heavy atom. The van der Waals surface area contributed by atoms with Gasteiger partial charge in [-0.3, -0.25) is 24.6 Å². The lowest BCUT2D eigenvalue weighted by atomic mass is 10.1. The molecular weight excluding hydrogens is 512 g/mol. The zero-order valence-corrected chi connectivity index (χ0v) is 18.7. The van der Waals surface area contributed by atoms with Crippen molar-refractivity contribution >= 4 is 29.1 Å². The molecule has 0 bridgehead atoms. The van der Waals surface area contributed by atoms with Crippen molar-refractivity contribution in [1.82, 2.24) is 30.3 Å². The Hall–Kier alpha value is -3.82. The van der Waals surface area contributed by atoms with E-state index in [1.165, 1.54) is 36.5 Å². The van der Waals surface area contributed by atoms with Crippen LogP contribution in [-0.4, -0.2) is 66.4 Å². The smallest absolute Gasteiger partial charge is 0.286 e. The van der Waals surface area contributed by atoms with Gasteiger partial charge >= 0.3 is 0 Å². The van der Waals surface area contributed by atoms with Gasteiger partial charge in [0.15, 0.2) is 23.9 Å². The zero-order valence-electron chi connectivity index (χ0n) is 18.0. The molecule has 16 heteroatoms. The van der Waals surface area contributed by atoms with E-state index < -0.39 is 54.7 Å². The largest absolute Gasteiger partial charge is 0.384 e. The molecule has 0 saturated carbocycles. The number of nitrogens with one attached hydrogen (secondary N) is 1. The van der Waals surface area contributed by atoms with Crippen LogP contribution in [0.1, 0.15) is 16.4 Å². The van der Waals surface area contributed by atoms with Crippen molar-refractivity contribution in [2.75, 3.05) is 5.01 Å². The van der Waals surface area contributed by atoms with Crippen molar-refractivity contribution in [3.8, 4) is 5.69 Å². The van der Waals surface area contributed by atoms with Gasteiger partial charge < -0.3 is 10.8 Å². The molecule has 1 saturated heterocycles. The number of carbonyl (C=O) groups excluding carboxylic acids is 2. The number of nitrogens with two attached hydrogens (primary N) is 1. The molecule has 1 aliphatic rings. The van der Waals surface area contributed by atoms with Crippen LogP contribution >= 0.6 is 11.6 Å². The van der Waals surface area contributed by atoms with Crippen LogP contribution in [0, 0.1) is 5.82 Å². The molecule has 11 nitrogen and oxygen atoms in total. The number of primary amides is 1. The summed E-state index contributed by atoms with van der Waals surface area (Å²) in [5.74, 6) is -3.65. The molecule has 3 heterocycles. The summed E-state index contributed by atoms with van der Waals surface area (Å²) in [5, 5.41) is 15.7. The number of aliphatic hydroxyl groups is 1. The molecule has 4 rings (SSSR count). The van der Waals surface area contributed by atoms with E-state index >= 15 is 0 Å². The second-order valence-electron chi connectivity index (χ2n) is 7.54. The highest BCUT2D eigenvalue weighted by Crippen LogP contribution is 2.28. The third kappa shape index (κ3) is 4.80. The van der Waals surface area contributed by atoms with Crippen molar-refractivity contribution < 1.29 is 32.3 Å². The molecule has 2 amide bonds. The highest BCUT2D eigenvalue weighted by molar-refractivity contribution is 6.30. The number of aliphatic hydroxyl groups excluding tert-OH is 1. The van der Waals surface area contributed by atoms with Crippen LogP contribution in [-0.2, 0) is 11.3 Å². The lowest BCUT2D eigenvalue weighted by molar-refractivity contribution is -0.134. The monoisotopic (exact) mass is 528 g/mol. The number of halogens is 5. The molecule has 3 aromatic rings. The first kappa shape index (κ1) is 25.3. The summed E-state index contributed by atoms with van der Waals surface area (Å²) in [6, 6.07) is 4.93. The minimum atomic E-state index is -3.46. The predicted octanol–water partition coefficient (Wildman–Crippen LogP) is 1.15. The average molecular weight is 529 g/mol. The van der Waals surface area contributed by atoms with E-state index in [2.05, 4.69) is 20.6 Å². The number of carbonyl (C=O) groups is 2. The van der Waals surface area contributed by atoms with Crippen molar-refractivity contribution in [2.24, 2.45) is 5.73 Å². The van der Waals surface area contributed by atoms with Gasteiger partial charge in [0.2, 0.25) is 5.82 Å². The molecule has 2 unspecified atom stereocenters. The first-order valence-electron chi connectivity index (χ1n) is 10.2. The van der Waals surface area contributed by atoms with Gasteiger partial charge in [0.05, 0.1) is 11.9 Å². The first-order chi connectivity index (χ1) is 17.1. The Morgan fingerprint density at radius 2 is 1.92 bits per heavy atom. The number of alkyl halides is 3. The van der Waals surface area contributed by atoms with Crippen LogP contribution in [0.4, 0.5) is 23.2 Å². The number of amides is 2. The second kappa shape index (κ2) is 10.0. The van der Waals surface area contributed by atoms with E-state index in [1.807, 2.05) is 0 Å². The highest BCUT2D eigenvalue weighted by Gasteiger charge is 2.49. The third-order valence-electron chi connectivity index (χ3n) is 5.17. The van der Waals surface area contributed by atoms with Crippen molar-refractivity contribution in [2.45, 2.75) is 31.3 Å². The van der Waals surface area contributed by atoms with Gasteiger partial charge in [-0.15, -0.1) is 10.6 Å². The number of anilines is 1. The molecule has 3 atom stereocenters. The van der Waals surface area contributed by atoms with Gasteiger partial charge in [0.25, 0.3) is 18.2 Å². The molecule has 1 aromatic carbocycles. The third-order valence-corrected chi connectivity index (χ3v) is 5.42. The Balaban J connectivity index is 1.67. The Morgan fingerprint density at radius 3 is 2.53 bits per heavy atom. The van der Waals surface area contributed by atoms with E-state index in [0.29, 0.717) is 5.02 Å².